The summed E-state index contributed by atoms with van der Waals surface area (Å²) in [6.45, 7) is 1.87. The summed E-state index contributed by atoms with van der Waals surface area (Å²) < 4.78 is 0. The highest BCUT2D eigenvalue weighted by atomic mass is 32.2. The van der Waals surface area contributed by atoms with Gasteiger partial charge in [0.2, 0.25) is 0 Å². The van der Waals surface area contributed by atoms with Crippen molar-refractivity contribution in [1.29, 1.82) is 0 Å². The summed E-state index contributed by atoms with van der Waals surface area (Å²) >= 11 is 1.53. The van der Waals surface area contributed by atoms with Gasteiger partial charge in [-0.05, 0) is 6.07 Å². The maximum Gasteiger partial charge on any atom is 0.285 e. The van der Waals surface area contributed by atoms with Gasteiger partial charge in [0.05, 0.1) is 10.6 Å². The van der Waals surface area contributed by atoms with E-state index in [9.17, 15) is 10.1 Å². The van der Waals surface area contributed by atoms with Crippen LogP contribution >= 0.6 is 11.8 Å². The number of benzene rings is 1. The second kappa shape index (κ2) is 3.11. The SMILES string of the molecule is O=[N+]([O-])c1cccc2c1SC1NCCN21. The van der Waals surface area contributed by atoms with Gasteiger partial charge in [-0.2, -0.15) is 0 Å². The molecular weight excluding hydrogens is 214 g/mol. The Morgan fingerprint density at radius 3 is 3.27 bits per heavy atom. The van der Waals surface area contributed by atoms with Crippen LogP contribution in [0.4, 0.5) is 11.4 Å². The number of nitrogens with zero attached hydrogens (tertiary/aromatic N) is 2. The van der Waals surface area contributed by atoms with Gasteiger partial charge in [-0.3, -0.25) is 15.4 Å². The molecule has 1 saturated heterocycles. The molecule has 2 heterocycles. The van der Waals surface area contributed by atoms with Crippen LogP contribution in [0.15, 0.2) is 23.1 Å². The number of nitro benzene ring substituents is 1. The quantitative estimate of drug-likeness (QED) is 0.576. The lowest BCUT2D eigenvalue weighted by Crippen LogP contribution is -2.28. The summed E-state index contributed by atoms with van der Waals surface area (Å²) in [5.74, 6) is 0. The van der Waals surface area contributed by atoms with E-state index in [-0.39, 0.29) is 16.1 Å². The Labute approximate surface area is 90.6 Å². The third-order valence-electron chi connectivity index (χ3n) is 2.66. The maximum absolute atomic E-state index is 10.8. The molecule has 15 heavy (non-hydrogen) atoms. The minimum Gasteiger partial charge on any atom is -0.345 e. The lowest BCUT2D eigenvalue weighted by Gasteiger charge is -2.15. The number of nitro groups is 1. The average molecular weight is 223 g/mol. The van der Waals surface area contributed by atoms with E-state index in [1.54, 1.807) is 12.1 Å². The van der Waals surface area contributed by atoms with Crippen molar-refractivity contribution in [1.82, 2.24) is 5.32 Å². The van der Waals surface area contributed by atoms with Crippen molar-refractivity contribution >= 4 is 23.1 Å². The molecule has 0 spiro atoms. The predicted molar refractivity (Wildman–Crippen MR) is 58.1 cm³/mol. The highest BCUT2D eigenvalue weighted by molar-refractivity contribution is 8.00. The molecule has 1 unspecified atom stereocenters. The standard InChI is InChI=1S/C9H9N3O2S/c13-12(14)7-3-1-2-6-8(7)15-9-10-4-5-11(6)9/h1-3,9-10H,4-5H2. The molecule has 0 bridgehead atoms. The van der Waals surface area contributed by atoms with Crippen molar-refractivity contribution in [2.24, 2.45) is 0 Å². The van der Waals surface area contributed by atoms with Crippen molar-refractivity contribution in [3.8, 4) is 0 Å². The van der Waals surface area contributed by atoms with Crippen molar-refractivity contribution < 1.29 is 4.92 Å². The fourth-order valence-corrected chi connectivity index (χ4v) is 3.34. The molecule has 0 aromatic heterocycles. The van der Waals surface area contributed by atoms with Gasteiger partial charge in [-0.25, -0.2) is 0 Å². The molecule has 0 aliphatic carbocycles. The monoisotopic (exact) mass is 223 g/mol. The van der Waals surface area contributed by atoms with Gasteiger partial charge in [0, 0.05) is 19.2 Å². The Balaban J connectivity index is 2.12. The van der Waals surface area contributed by atoms with Crippen LogP contribution in [0.3, 0.4) is 0 Å². The summed E-state index contributed by atoms with van der Waals surface area (Å²) in [4.78, 5) is 13.5. The maximum atomic E-state index is 10.8. The van der Waals surface area contributed by atoms with Crippen molar-refractivity contribution in [3.05, 3.63) is 28.3 Å². The third-order valence-corrected chi connectivity index (χ3v) is 3.96. The van der Waals surface area contributed by atoms with Crippen molar-refractivity contribution in [2.45, 2.75) is 10.4 Å². The largest absolute Gasteiger partial charge is 0.345 e. The number of fused-ring (bicyclic) bond motifs is 3. The van der Waals surface area contributed by atoms with E-state index >= 15 is 0 Å². The van der Waals surface area contributed by atoms with Crippen LogP contribution in [0.25, 0.3) is 0 Å². The zero-order chi connectivity index (χ0) is 10.4. The molecule has 5 nitrogen and oxygen atoms in total. The van der Waals surface area contributed by atoms with E-state index < -0.39 is 0 Å². The number of anilines is 1. The van der Waals surface area contributed by atoms with Crippen LogP contribution in [0, 0.1) is 10.1 Å². The van der Waals surface area contributed by atoms with Crippen LogP contribution in [0.2, 0.25) is 0 Å². The first-order valence-corrected chi connectivity index (χ1v) is 5.59. The first-order chi connectivity index (χ1) is 7.27. The topological polar surface area (TPSA) is 58.4 Å². The molecule has 2 aliphatic rings. The zero-order valence-corrected chi connectivity index (χ0v) is 8.66. The molecule has 0 amide bonds. The van der Waals surface area contributed by atoms with E-state index in [0.717, 1.165) is 23.7 Å². The third kappa shape index (κ3) is 1.22. The molecule has 1 aromatic carbocycles. The van der Waals surface area contributed by atoms with Crippen LogP contribution in [-0.2, 0) is 0 Å². The minimum absolute atomic E-state index is 0.182. The Morgan fingerprint density at radius 2 is 2.47 bits per heavy atom. The molecule has 1 N–H and O–H groups in total. The summed E-state index contributed by atoms with van der Waals surface area (Å²) in [6.07, 6.45) is 0. The lowest BCUT2D eigenvalue weighted by atomic mass is 10.2. The summed E-state index contributed by atoms with van der Waals surface area (Å²) in [7, 11) is 0. The van der Waals surface area contributed by atoms with E-state index in [1.165, 1.54) is 11.8 Å². The minimum atomic E-state index is -0.312. The fourth-order valence-electron chi connectivity index (χ4n) is 2.00. The molecule has 0 saturated carbocycles. The zero-order valence-electron chi connectivity index (χ0n) is 7.84. The molecular formula is C9H9N3O2S. The van der Waals surface area contributed by atoms with Gasteiger partial charge in [-0.15, -0.1) is 0 Å². The predicted octanol–water partition coefficient (Wildman–Crippen LogP) is 1.39. The van der Waals surface area contributed by atoms with E-state index in [2.05, 4.69) is 10.2 Å². The van der Waals surface area contributed by atoms with Crippen LogP contribution in [0.1, 0.15) is 0 Å². The molecule has 78 valence electrons. The van der Waals surface area contributed by atoms with Crippen molar-refractivity contribution in [2.75, 3.05) is 18.0 Å². The molecule has 1 fully saturated rings. The van der Waals surface area contributed by atoms with Gasteiger partial charge in [0.25, 0.3) is 5.69 Å². The summed E-state index contributed by atoms with van der Waals surface area (Å²) in [6, 6.07) is 5.26. The smallest absolute Gasteiger partial charge is 0.285 e. The highest BCUT2D eigenvalue weighted by Crippen LogP contribution is 2.48. The van der Waals surface area contributed by atoms with E-state index in [0.29, 0.717) is 0 Å². The highest BCUT2D eigenvalue weighted by Gasteiger charge is 2.37. The molecule has 6 heteroatoms. The number of hydrogen-bond donors (Lipinski definition) is 1. The average Bonchev–Trinajstić information content (AvgIpc) is 2.75. The van der Waals surface area contributed by atoms with Crippen LogP contribution in [-0.4, -0.2) is 23.5 Å². The first-order valence-electron chi connectivity index (χ1n) is 4.71. The second-order valence-electron chi connectivity index (χ2n) is 3.50. The van der Waals surface area contributed by atoms with Crippen LogP contribution in [0.5, 0.6) is 0 Å². The molecule has 1 atom stereocenters. The number of hydrogen-bond acceptors (Lipinski definition) is 5. The van der Waals surface area contributed by atoms with Gasteiger partial charge in [-0.1, -0.05) is 17.8 Å². The number of rotatable bonds is 1. The van der Waals surface area contributed by atoms with Crippen LogP contribution < -0.4 is 10.2 Å². The molecule has 2 aliphatic heterocycles. The lowest BCUT2D eigenvalue weighted by molar-refractivity contribution is -0.387. The number of nitrogens with one attached hydrogen (secondary N) is 1. The Bertz CT molecular complexity index is 437. The fraction of sp³-hybridized carbons (Fsp3) is 0.333. The molecule has 1 aromatic rings. The summed E-state index contributed by atoms with van der Waals surface area (Å²) in [5, 5.41) is 14.1. The van der Waals surface area contributed by atoms with Gasteiger partial charge in [0.1, 0.15) is 10.4 Å². The second-order valence-corrected chi connectivity index (χ2v) is 4.59. The molecule has 3 rings (SSSR count). The normalized spacial score (nSPS) is 22.7. The Kier molecular flexibility index (Phi) is 1.86. The first kappa shape index (κ1) is 8.99. The van der Waals surface area contributed by atoms with E-state index in [1.807, 2.05) is 6.07 Å². The van der Waals surface area contributed by atoms with E-state index in [4.69, 9.17) is 0 Å². The van der Waals surface area contributed by atoms with Gasteiger partial charge >= 0.3 is 0 Å². The molecule has 0 radical (unpaired) electrons. The van der Waals surface area contributed by atoms with Gasteiger partial charge in [0.15, 0.2) is 0 Å². The van der Waals surface area contributed by atoms with Gasteiger partial charge < -0.3 is 4.90 Å². The summed E-state index contributed by atoms with van der Waals surface area (Å²) in [5.41, 5.74) is 1.39. The Hall–Kier alpha value is -1.27. The van der Waals surface area contributed by atoms with Crippen molar-refractivity contribution in [3.63, 3.8) is 0 Å². The number of thioether (sulfide) groups is 1. The Morgan fingerprint density at radius 1 is 1.60 bits per heavy atom.